The molecule has 1 heterocycles. The molecule has 7 heteroatoms. The second kappa shape index (κ2) is 6.38. The highest BCUT2D eigenvalue weighted by molar-refractivity contribution is 7.89. The maximum atomic E-state index is 12.3. The van der Waals surface area contributed by atoms with Crippen LogP contribution in [-0.4, -0.2) is 18.6 Å². The van der Waals surface area contributed by atoms with Crippen LogP contribution in [0.1, 0.15) is 29.3 Å². The summed E-state index contributed by atoms with van der Waals surface area (Å²) in [7, 11) is -3.67. The van der Waals surface area contributed by atoms with Gasteiger partial charge in [-0.25, -0.2) is 13.1 Å². The summed E-state index contributed by atoms with van der Waals surface area (Å²) in [6.45, 7) is 4.18. The molecule has 0 unspecified atom stereocenters. The Morgan fingerprint density at radius 1 is 1.24 bits per heavy atom. The number of aromatic nitrogens is 2. The molecule has 0 atom stereocenters. The zero-order valence-corrected chi connectivity index (χ0v) is 13.0. The van der Waals surface area contributed by atoms with Gasteiger partial charge in [-0.3, -0.25) is 5.10 Å². The molecular formula is C14H20N4O2S. The fourth-order valence-electron chi connectivity index (χ4n) is 2.03. The van der Waals surface area contributed by atoms with E-state index in [0.29, 0.717) is 11.3 Å². The largest absolute Gasteiger partial charge is 0.326 e. The van der Waals surface area contributed by atoms with Gasteiger partial charge in [0.15, 0.2) is 5.03 Å². The van der Waals surface area contributed by atoms with Gasteiger partial charge in [-0.1, -0.05) is 31.2 Å². The first-order chi connectivity index (χ1) is 9.97. The van der Waals surface area contributed by atoms with Crippen LogP contribution < -0.4 is 10.5 Å². The number of rotatable bonds is 6. The first-order valence-corrected chi connectivity index (χ1v) is 8.27. The van der Waals surface area contributed by atoms with Crippen LogP contribution in [0.5, 0.6) is 0 Å². The van der Waals surface area contributed by atoms with Gasteiger partial charge < -0.3 is 5.73 Å². The van der Waals surface area contributed by atoms with Crippen LogP contribution in [0.25, 0.3) is 0 Å². The quantitative estimate of drug-likeness (QED) is 0.747. The van der Waals surface area contributed by atoms with Gasteiger partial charge in [0.25, 0.3) is 10.0 Å². The molecule has 0 amide bonds. The molecule has 4 N–H and O–H groups in total. The van der Waals surface area contributed by atoms with E-state index in [1.165, 1.54) is 5.56 Å². The molecule has 6 nitrogen and oxygen atoms in total. The van der Waals surface area contributed by atoms with E-state index in [1.807, 2.05) is 24.3 Å². The van der Waals surface area contributed by atoms with Crippen molar-refractivity contribution >= 4 is 10.0 Å². The lowest BCUT2D eigenvalue weighted by molar-refractivity contribution is 0.575. The van der Waals surface area contributed by atoms with Gasteiger partial charge in [0.1, 0.15) is 0 Å². The number of hydrogen-bond acceptors (Lipinski definition) is 4. The average molecular weight is 308 g/mol. The standard InChI is InChI=1S/C14H20N4O2S/c1-3-11-4-6-12(7-5-11)9-16-21(19,20)14-13(8-15)10(2)17-18-14/h4-7,16H,3,8-9,15H2,1-2H3,(H,17,18). The van der Waals surface area contributed by atoms with Crippen LogP contribution >= 0.6 is 0 Å². The molecule has 0 aliphatic rings. The molecule has 0 aliphatic carbocycles. The molecule has 0 aliphatic heterocycles. The zero-order valence-electron chi connectivity index (χ0n) is 12.2. The summed E-state index contributed by atoms with van der Waals surface area (Å²) >= 11 is 0. The number of aryl methyl sites for hydroxylation is 2. The van der Waals surface area contributed by atoms with E-state index in [2.05, 4.69) is 21.8 Å². The number of nitrogens with zero attached hydrogens (tertiary/aromatic N) is 1. The molecule has 0 saturated heterocycles. The molecular weight excluding hydrogens is 288 g/mol. The minimum atomic E-state index is -3.67. The average Bonchev–Trinajstić information content (AvgIpc) is 2.87. The van der Waals surface area contributed by atoms with E-state index in [1.54, 1.807) is 6.92 Å². The first-order valence-electron chi connectivity index (χ1n) is 6.79. The smallest absolute Gasteiger partial charge is 0.260 e. The molecule has 0 spiro atoms. The molecule has 2 aromatic rings. The minimum absolute atomic E-state index is 0.0207. The zero-order chi connectivity index (χ0) is 15.5. The summed E-state index contributed by atoms with van der Waals surface area (Å²) < 4.78 is 27.1. The Labute approximate surface area is 124 Å². The lowest BCUT2D eigenvalue weighted by Crippen LogP contribution is -2.25. The van der Waals surface area contributed by atoms with Crippen molar-refractivity contribution in [3.63, 3.8) is 0 Å². The first kappa shape index (κ1) is 15.7. The molecule has 2 rings (SSSR count). The summed E-state index contributed by atoms with van der Waals surface area (Å²) in [5.41, 5.74) is 8.89. The highest BCUT2D eigenvalue weighted by atomic mass is 32.2. The summed E-state index contributed by atoms with van der Waals surface area (Å²) in [6.07, 6.45) is 0.957. The Kier molecular flexibility index (Phi) is 4.76. The van der Waals surface area contributed by atoms with Crippen LogP contribution in [0, 0.1) is 6.92 Å². The van der Waals surface area contributed by atoms with Crippen LogP contribution in [-0.2, 0) is 29.5 Å². The van der Waals surface area contributed by atoms with Crippen LogP contribution in [0.4, 0.5) is 0 Å². The molecule has 0 radical (unpaired) electrons. The highest BCUT2D eigenvalue weighted by Gasteiger charge is 2.22. The fourth-order valence-corrected chi connectivity index (χ4v) is 3.25. The lowest BCUT2D eigenvalue weighted by atomic mass is 10.1. The molecule has 1 aromatic heterocycles. The van der Waals surface area contributed by atoms with Crippen LogP contribution in [0.3, 0.4) is 0 Å². The van der Waals surface area contributed by atoms with E-state index in [-0.39, 0.29) is 18.1 Å². The van der Waals surface area contributed by atoms with Gasteiger partial charge >= 0.3 is 0 Å². The monoisotopic (exact) mass is 308 g/mol. The number of H-pyrrole nitrogens is 1. The van der Waals surface area contributed by atoms with Gasteiger partial charge in [-0.15, -0.1) is 0 Å². The van der Waals surface area contributed by atoms with Crippen molar-refractivity contribution in [3.05, 3.63) is 46.6 Å². The molecule has 0 fully saturated rings. The van der Waals surface area contributed by atoms with Crippen molar-refractivity contribution in [1.29, 1.82) is 0 Å². The number of sulfonamides is 1. The molecule has 1 aromatic carbocycles. The van der Waals surface area contributed by atoms with E-state index < -0.39 is 10.0 Å². The Hall–Kier alpha value is -1.70. The highest BCUT2D eigenvalue weighted by Crippen LogP contribution is 2.15. The normalized spacial score (nSPS) is 11.8. The Morgan fingerprint density at radius 3 is 2.43 bits per heavy atom. The van der Waals surface area contributed by atoms with Gasteiger partial charge in [-0.05, 0) is 24.5 Å². The third kappa shape index (κ3) is 3.49. The minimum Gasteiger partial charge on any atom is -0.326 e. The van der Waals surface area contributed by atoms with Crippen LogP contribution in [0.2, 0.25) is 0 Å². The van der Waals surface area contributed by atoms with E-state index in [0.717, 1.165) is 12.0 Å². The Morgan fingerprint density at radius 2 is 1.86 bits per heavy atom. The molecule has 0 bridgehead atoms. The molecule has 114 valence electrons. The van der Waals surface area contributed by atoms with Crippen LogP contribution in [0.15, 0.2) is 29.3 Å². The lowest BCUT2D eigenvalue weighted by Gasteiger charge is -2.07. The third-order valence-electron chi connectivity index (χ3n) is 3.39. The van der Waals surface area contributed by atoms with Crippen molar-refractivity contribution in [2.45, 2.75) is 38.4 Å². The van der Waals surface area contributed by atoms with Crippen molar-refractivity contribution in [2.24, 2.45) is 5.73 Å². The third-order valence-corrected chi connectivity index (χ3v) is 4.76. The molecule has 21 heavy (non-hydrogen) atoms. The fraction of sp³-hybridized carbons (Fsp3) is 0.357. The van der Waals surface area contributed by atoms with Gasteiger partial charge in [-0.2, -0.15) is 5.10 Å². The predicted octanol–water partition coefficient (Wildman–Crippen LogP) is 1.22. The van der Waals surface area contributed by atoms with E-state index in [4.69, 9.17) is 5.73 Å². The Balaban J connectivity index is 2.13. The van der Waals surface area contributed by atoms with E-state index >= 15 is 0 Å². The van der Waals surface area contributed by atoms with Crippen molar-refractivity contribution in [3.8, 4) is 0 Å². The summed E-state index contributed by atoms with van der Waals surface area (Å²) in [6, 6.07) is 7.82. The molecule has 0 saturated carbocycles. The summed E-state index contributed by atoms with van der Waals surface area (Å²) in [5.74, 6) is 0. The van der Waals surface area contributed by atoms with Gasteiger partial charge in [0, 0.05) is 24.3 Å². The predicted molar refractivity (Wildman–Crippen MR) is 81.1 cm³/mol. The maximum absolute atomic E-state index is 12.3. The summed E-state index contributed by atoms with van der Waals surface area (Å²) in [4.78, 5) is 0. The topological polar surface area (TPSA) is 101 Å². The number of hydrogen-bond donors (Lipinski definition) is 3. The van der Waals surface area contributed by atoms with Crippen molar-refractivity contribution < 1.29 is 8.42 Å². The maximum Gasteiger partial charge on any atom is 0.260 e. The number of benzene rings is 1. The van der Waals surface area contributed by atoms with Crippen molar-refractivity contribution in [1.82, 2.24) is 14.9 Å². The van der Waals surface area contributed by atoms with Gasteiger partial charge in [0.05, 0.1) is 0 Å². The second-order valence-electron chi connectivity index (χ2n) is 4.83. The summed E-state index contributed by atoms with van der Waals surface area (Å²) in [5, 5.41) is 6.48. The van der Waals surface area contributed by atoms with E-state index in [9.17, 15) is 8.42 Å². The number of nitrogens with one attached hydrogen (secondary N) is 2. The SMILES string of the molecule is CCc1ccc(CNS(=O)(=O)c2n[nH]c(C)c2CN)cc1. The second-order valence-corrected chi connectivity index (χ2v) is 6.51. The number of aromatic amines is 1. The van der Waals surface area contributed by atoms with Crippen molar-refractivity contribution in [2.75, 3.05) is 0 Å². The number of nitrogens with two attached hydrogens (primary N) is 1. The van der Waals surface area contributed by atoms with Gasteiger partial charge in [0.2, 0.25) is 0 Å². The Bertz CT molecular complexity index is 705.